The average molecular weight is 595 g/mol. The summed E-state index contributed by atoms with van der Waals surface area (Å²) in [5.74, 6) is 0.726. The molecule has 0 unspecified atom stereocenters. The SMILES string of the molecule is CCOc1cc(/C=C2/SC(=O)N(c3ccc(Cl)cc3)C2=O)cc(Br)c1OCc1cccc2ccccc12. The van der Waals surface area contributed by atoms with Crippen molar-refractivity contribution < 1.29 is 19.1 Å². The molecule has 0 saturated carbocycles. The molecule has 0 aliphatic carbocycles. The van der Waals surface area contributed by atoms with Crippen LogP contribution < -0.4 is 14.4 Å². The van der Waals surface area contributed by atoms with Crippen molar-refractivity contribution >= 4 is 73.0 Å². The largest absolute Gasteiger partial charge is 0.490 e. The lowest BCUT2D eigenvalue weighted by atomic mass is 10.1. The number of halogens is 2. The molecule has 4 aromatic carbocycles. The molecular weight excluding hydrogens is 574 g/mol. The molecule has 0 N–H and O–H groups in total. The van der Waals surface area contributed by atoms with Gasteiger partial charge in [-0.1, -0.05) is 54.1 Å². The van der Waals surface area contributed by atoms with E-state index in [1.807, 2.05) is 43.3 Å². The zero-order valence-electron chi connectivity index (χ0n) is 19.7. The summed E-state index contributed by atoms with van der Waals surface area (Å²) in [5.41, 5.74) is 2.24. The summed E-state index contributed by atoms with van der Waals surface area (Å²) in [6, 6.07) is 24.5. The molecule has 1 saturated heterocycles. The Morgan fingerprint density at radius 3 is 2.51 bits per heavy atom. The summed E-state index contributed by atoms with van der Waals surface area (Å²) in [6.45, 7) is 2.69. The van der Waals surface area contributed by atoms with E-state index < -0.39 is 0 Å². The van der Waals surface area contributed by atoms with Gasteiger partial charge in [-0.3, -0.25) is 9.59 Å². The van der Waals surface area contributed by atoms with Crippen LogP contribution in [0.3, 0.4) is 0 Å². The van der Waals surface area contributed by atoms with Gasteiger partial charge >= 0.3 is 0 Å². The van der Waals surface area contributed by atoms with Crippen molar-refractivity contribution in [3.63, 3.8) is 0 Å². The number of imide groups is 1. The van der Waals surface area contributed by atoms with Crippen molar-refractivity contribution in [3.8, 4) is 11.5 Å². The number of thioether (sulfide) groups is 1. The average Bonchev–Trinajstić information content (AvgIpc) is 3.16. The van der Waals surface area contributed by atoms with Crippen molar-refractivity contribution in [2.45, 2.75) is 13.5 Å². The Morgan fingerprint density at radius 2 is 1.73 bits per heavy atom. The van der Waals surface area contributed by atoms with Gasteiger partial charge in [0, 0.05) is 5.02 Å². The zero-order valence-corrected chi connectivity index (χ0v) is 22.9. The van der Waals surface area contributed by atoms with E-state index in [0.717, 1.165) is 33.0 Å². The Hall–Kier alpha value is -3.26. The number of carbonyl (C=O) groups excluding carboxylic acids is 2. The van der Waals surface area contributed by atoms with Crippen LogP contribution in [0.1, 0.15) is 18.1 Å². The van der Waals surface area contributed by atoms with Crippen LogP contribution in [0.2, 0.25) is 5.02 Å². The summed E-state index contributed by atoms with van der Waals surface area (Å²) in [7, 11) is 0. The minimum atomic E-state index is -0.386. The Labute approximate surface area is 232 Å². The standard InChI is InChI=1S/C29H21BrClNO4S/c1-2-35-25-15-18(16-26-28(33)32(29(34)37-26)22-12-10-21(31)11-13-22)14-24(30)27(25)36-17-20-8-5-7-19-6-3-4-9-23(19)20/h3-16H,2,17H2,1H3/b26-16+. The van der Waals surface area contributed by atoms with Crippen LogP contribution in [-0.2, 0) is 11.4 Å². The van der Waals surface area contributed by atoms with E-state index in [-0.39, 0.29) is 11.1 Å². The highest BCUT2D eigenvalue weighted by Crippen LogP contribution is 2.41. The number of fused-ring (bicyclic) bond motifs is 1. The molecule has 0 spiro atoms. The maximum Gasteiger partial charge on any atom is 0.298 e. The Balaban J connectivity index is 1.42. The third-order valence-corrected chi connectivity index (χ3v) is 7.47. The molecule has 1 fully saturated rings. The van der Waals surface area contributed by atoms with Gasteiger partial charge in [-0.05, 0) is 99.0 Å². The highest BCUT2D eigenvalue weighted by molar-refractivity contribution is 9.10. The molecule has 0 aromatic heterocycles. The minimum Gasteiger partial charge on any atom is -0.490 e. The molecule has 186 valence electrons. The smallest absolute Gasteiger partial charge is 0.298 e. The van der Waals surface area contributed by atoms with Gasteiger partial charge in [0.05, 0.1) is 21.7 Å². The van der Waals surface area contributed by atoms with Gasteiger partial charge in [0.2, 0.25) is 0 Å². The van der Waals surface area contributed by atoms with Crippen LogP contribution in [0.5, 0.6) is 11.5 Å². The third-order valence-electron chi connectivity index (χ3n) is 5.76. The Bertz CT molecular complexity index is 1530. The maximum absolute atomic E-state index is 13.0. The predicted molar refractivity (Wildman–Crippen MR) is 153 cm³/mol. The van der Waals surface area contributed by atoms with E-state index >= 15 is 0 Å². The number of hydrogen-bond acceptors (Lipinski definition) is 5. The number of hydrogen-bond donors (Lipinski definition) is 0. The van der Waals surface area contributed by atoms with Crippen molar-refractivity contribution in [3.05, 3.63) is 104 Å². The van der Waals surface area contributed by atoms with Crippen LogP contribution in [0.4, 0.5) is 10.5 Å². The summed E-state index contributed by atoms with van der Waals surface area (Å²) in [4.78, 5) is 27.1. The zero-order chi connectivity index (χ0) is 25.9. The fourth-order valence-corrected chi connectivity index (χ4v) is 5.62. The first-order valence-corrected chi connectivity index (χ1v) is 13.5. The van der Waals surface area contributed by atoms with Crippen molar-refractivity contribution in [2.75, 3.05) is 11.5 Å². The van der Waals surface area contributed by atoms with Gasteiger partial charge in [0.1, 0.15) is 6.61 Å². The van der Waals surface area contributed by atoms with Crippen LogP contribution in [0, 0.1) is 0 Å². The first-order chi connectivity index (χ1) is 17.9. The van der Waals surface area contributed by atoms with Crippen LogP contribution in [0.25, 0.3) is 16.8 Å². The molecule has 1 aliphatic heterocycles. The highest BCUT2D eigenvalue weighted by atomic mass is 79.9. The van der Waals surface area contributed by atoms with Crippen molar-refractivity contribution in [1.82, 2.24) is 0 Å². The molecule has 5 rings (SSSR count). The van der Waals surface area contributed by atoms with E-state index in [9.17, 15) is 9.59 Å². The van der Waals surface area contributed by atoms with Gasteiger partial charge < -0.3 is 9.47 Å². The second-order valence-corrected chi connectivity index (χ2v) is 10.5. The molecule has 8 heteroatoms. The number of carbonyl (C=O) groups is 2. The fourth-order valence-electron chi connectivity index (χ4n) is 4.07. The minimum absolute atomic E-state index is 0.318. The maximum atomic E-state index is 13.0. The monoisotopic (exact) mass is 593 g/mol. The summed E-state index contributed by atoms with van der Waals surface area (Å²) in [6.07, 6.45) is 1.68. The van der Waals surface area contributed by atoms with Crippen LogP contribution in [-0.4, -0.2) is 17.8 Å². The predicted octanol–water partition coefficient (Wildman–Crippen LogP) is 8.47. The molecule has 5 nitrogen and oxygen atoms in total. The number of ether oxygens (including phenoxy) is 2. The summed E-state index contributed by atoms with van der Waals surface area (Å²) < 4.78 is 12.8. The van der Waals surface area contributed by atoms with E-state index in [4.69, 9.17) is 21.1 Å². The van der Waals surface area contributed by atoms with Gasteiger partial charge in [0.25, 0.3) is 11.1 Å². The second-order valence-electron chi connectivity index (χ2n) is 8.18. The molecule has 37 heavy (non-hydrogen) atoms. The molecule has 0 bridgehead atoms. The number of nitrogens with zero attached hydrogens (tertiary/aromatic N) is 1. The van der Waals surface area contributed by atoms with Gasteiger partial charge in [-0.2, -0.15) is 0 Å². The lowest BCUT2D eigenvalue weighted by molar-refractivity contribution is -0.113. The summed E-state index contributed by atoms with van der Waals surface area (Å²) in [5, 5.41) is 2.45. The van der Waals surface area contributed by atoms with E-state index in [0.29, 0.717) is 50.4 Å². The Morgan fingerprint density at radius 1 is 0.973 bits per heavy atom. The number of rotatable bonds is 7. The molecule has 1 aliphatic rings. The first-order valence-electron chi connectivity index (χ1n) is 11.5. The molecule has 1 heterocycles. The fraction of sp³-hybridized carbons (Fsp3) is 0.103. The van der Waals surface area contributed by atoms with E-state index in [1.165, 1.54) is 0 Å². The lowest BCUT2D eigenvalue weighted by Gasteiger charge is -2.16. The third kappa shape index (κ3) is 5.39. The quantitative estimate of drug-likeness (QED) is 0.201. The van der Waals surface area contributed by atoms with Gasteiger partial charge in [-0.25, -0.2) is 4.90 Å². The lowest BCUT2D eigenvalue weighted by Crippen LogP contribution is -2.27. The number of benzene rings is 4. The van der Waals surface area contributed by atoms with Crippen molar-refractivity contribution in [2.24, 2.45) is 0 Å². The molecular formula is C29H21BrClNO4S. The first kappa shape index (κ1) is 25.4. The molecule has 0 radical (unpaired) electrons. The van der Waals surface area contributed by atoms with E-state index in [2.05, 4.69) is 34.1 Å². The highest BCUT2D eigenvalue weighted by Gasteiger charge is 2.36. The molecule has 2 amide bonds. The van der Waals surface area contributed by atoms with Gasteiger partial charge in [-0.15, -0.1) is 0 Å². The molecule has 0 atom stereocenters. The van der Waals surface area contributed by atoms with Gasteiger partial charge in [0.15, 0.2) is 11.5 Å². The number of anilines is 1. The number of amides is 2. The second kappa shape index (κ2) is 11.0. The Kier molecular flexibility index (Phi) is 7.55. The topological polar surface area (TPSA) is 55.8 Å². The summed E-state index contributed by atoms with van der Waals surface area (Å²) >= 11 is 10.4. The van der Waals surface area contributed by atoms with Crippen LogP contribution >= 0.6 is 39.3 Å². The normalized spacial score (nSPS) is 14.6. The van der Waals surface area contributed by atoms with E-state index in [1.54, 1.807) is 30.3 Å². The molecule has 4 aromatic rings. The van der Waals surface area contributed by atoms with Crippen molar-refractivity contribution in [1.29, 1.82) is 0 Å². The van der Waals surface area contributed by atoms with Crippen LogP contribution in [0.15, 0.2) is 88.2 Å².